The molecule has 0 aliphatic heterocycles. The van der Waals surface area contributed by atoms with Crippen molar-refractivity contribution in [1.82, 2.24) is 0 Å². The van der Waals surface area contributed by atoms with E-state index in [2.05, 4.69) is 0 Å². The molecule has 0 heterocycles. The van der Waals surface area contributed by atoms with Gasteiger partial charge in [-0.1, -0.05) is 0 Å². The van der Waals surface area contributed by atoms with Crippen molar-refractivity contribution in [3.05, 3.63) is 28.8 Å². The van der Waals surface area contributed by atoms with E-state index in [1.807, 2.05) is 0 Å². The number of nitriles is 1. The standard InChI is InChI=1S/C9H9NO/c1-6-3-8(5-10)4-7(2)9(6)11/h3-4,11H,1-2H3/i1D3,2D3. The van der Waals surface area contributed by atoms with Crippen LogP contribution < -0.4 is 0 Å². The monoisotopic (exact) mass is 153 g/mol. The van der Waals surface area contributed by atoms with Crippen molar-refractivity contribution in [2.24, 2.45) is 0 Å². The van der Waals surface area contributed by atoms with Crippen molar-refractivity contribution in [2.45, 2.75) is 13.7 Å². The van der Waals surface area contributed by atoms with Crippen LogP contribution in [0.1, 0.15) is 24.9 Å². The highest BCUT2D eigenvalue weighted by molar-refractivity contribution is 5.45. The van der Waals surface area contributed by atoms with Gasteiger partial charge in [0.05, 0.1) is 11.6 Å². The summed E-state index contributed by atoms with van der Waals surface area (Å²) in [4.78, 5) is 0. The van der Waals surface area contributed by atoms with Gasteiger partial charge in [-0.05, 0) is 37.0 Å². The SMILES string of the molecule is [2H]C([2H])([2H])c1cc(C#N)cc(C([2H])([2H])[2H])c1O. The summed E-state index contributed by atoms with van der Waals surface area (Å²) >= 11 is 0. The molecule has 11 heavy (non-hydrogen) atoms. The fourth-order valence-electron chi connectivity index (χ4n) is 0.699. The Balaban J connectivity index is 3.61. The smallest absolute Gasteiger partial charge is 0.121 e. The van der Waals surface area contributed by atoms with Crippen LogP contribution in [0.25, 0.3) is 0 Å². The van der Waals surface area contributed by atoms with Crippen molar-refractivity contribution in [2.75, 3.05) is 0 Å². The first-order chi connectivity index (χ1) is 7.57. The van der Waals surface area contributed by atoms with Gasteiger partial charge in [-0.2, -0.15) is 5.26 Å². The highest BCUT2D eigenvalue weighted by Crippen LogP contribution is 2.22. The molecule has 2 heteroatoms. The predicted molar refractivity (Wildman–Crippen MR) is 42.3 cm³/mol. The van der Waals surface area contributed by atoms with E-state index in [1.54, 1.807) is 6.07 Å². The highest BCUT2D eigenvalue weighted by atomic mass is 16.3. The average Bonchev–Trinajstić information content (AvgIpc) is 2.14. The zero-order valence-corrected chi connectivity index (χ0v) is 5.55. The number of benzene rings is 1. The van der Waals surface area contributed by atoms with Crippen molar-refractivity contribution >= 4 is 0 Å². The van der Waals surface area contributed by atoms with E-state index in [1.165, 1.54) is 0 Å². The van der Waals surface area contributed by atoms with Gasteiger partial charge in [0.1, 0.15) is 5.75 Å². The Morgan fingerprint density at radius 3 is 2.36 bits per heavy atom. The van der Waals surface area contributed by atoms with Gasteiger partial charge in [-0.25, -0.2) is 0 Å². The van der Waals surface area contributed by atoms with E-state index >= 15 is 0 Å². The Labute approximate surface area is 74.1 Å². The van der Waals surface area contributed by atoms with E-state index in [4.69, 9.17) is 13.5 Å². The summed E-state index contributed by atoms with van der Waals surface area (Å²) in [7, 11) is 0. The van der Waals surface area contributed by atoms with Crippen LogP contribution >= 0.6 is 0 Å². The molecule has 0 radical (unpaired) electrons. The molecule has 1 aromatic rings. The number of hydrogen-bond acceptors (Lipinski definition) is 2. The topological polar surface area (TPSA) is 44.0 Å². The fraction of sp³-hybridized carbons (Fsp3) is 0.222. The Kier molecular flexibility index (Phi) is 0.684. The van der Waals surface area contributed by atoms with Crippen molar-refractivity contribution in [3.8, 4) is 11.8 Å². The van der Waals surface area contributed by atoms with Crippen LogP contribution in [0, 0.1) is 25.0 Å². The molecule has 0 bridgehead atoms. The molecule has 0 aliphatic carbocycles. The third-order valence-corrected chi connectivity index (χ3v) is 1.24. The van der Waals surface area contributed by atoms with Gasteiger partial charge in [0, 0.05) is 8.22 Å². The Hall–Kier alpha value is -1.49. The largest absolute Gasteiger partial charge is 0.507 e. The zero-order chi connectivity index (χ0) is 13.4. The summed E-state index contributed by atoms with van der Waals surface area (Å²) in [5.74, 6) is -0.802. The normalized spacial score (nSPS) is 19.5. The second-order valence-corrected chi connectivity index (χ2v) is 2.03. The molecule has 0 spiro atoms. The molecule has 1 rings (SSSR count). The number of rotatable bonds is 0. The number of aromatic hydroxyl groups is 1. The summed E-state index contributed by atoms with van der Waals surface area (Å²) in [6, 6.07) is 3.61. The summed E-state index contributed by atoms with van der Waals surface area (Å²) < 4.78 is 43.0. The fourth-order valence-corrected chi connectivity index (χ4v) is 0.699. The molecule has 1 aromatic carbocycles. The lowest BCUT2D eigenvalue weighted by molar-refractivity contribution is 0.467. The van der Waals surface area contributed by atoms with Crippen molar-refractivity contribution in [3.63, 3.8) is 0 Å². The maximum atomic E-state index is 9.65. The van der Waals surface area contributed by atoms with Crippen LogP contribution in [0.3, 0.4) is 0 Å². The first kappa shape index (κ1) is 2.86. The summed E-state index contributed by atoms with van der Waals surface area (Å²) in [5.41, 5.74) is -1.16. The van der Waals surface area contributed by atoms with E-state index in [-0.39, 0.29) is 5.56 Å². The van der Waals surface area contributed by atoms with Crippen LogP contribution in [-0.4, -0.2) is 5.11 Å². The number of phenolic OH excluding ortho intramolecular Hbond substituents is 1. The molecule has 0 saturated heterocycles. The number of aryl methyl sites for hydroxylation is 2. The molecular formula is C9H9NO. The first-order valence-corrected chi connectivity index (χ1v) is 2.85. The minimum Gasteiger partial charge on any atom is -0.507 e. The van der Waals surface area contributed by atoms with Crippen molar-refractivity contribution < 1.29 is 13.3 Å². The third-order valence-electron chi connectivity index (χ3n) is 1.24. The van der Waals surface area contributed by atoms with Gasteiger partial charge in [-0.3, -0.25) is 0 Å². The molecule has 0 fully saturated rings. The molecule has 0 amide bonds. The Morgan fingerprint density at radius 2 is 2.00 bits per heavy atom. The van der Waals surface area contributed by atoms with Gasteiger partial charge in [0.25, 0.3) is 0 Å². The highest BCUT2D eigenvalue weighted by Gasteiger charge is 2.01. The molecule has 2 nitrogen and oxygen atoms in total. The minimum absolute atomic E-state index is 0.111. The van der Waals surface area contributed by atoms with Crippen LogP contribution in [0.4, 0.5) is 0 Å². The molecule has 1 N–H and O–H groups in total. The zero-order valence-electron chi connectivity index (χ0n) is 11.5. The maximum absolute atomic E-state index is 9.65. The van der Waals surface area contributed by atoms with Gasteiger partial charge in [0.15, 0.2) is 0 Å². The number of hydrogen-bond donors (Lipinski definition) is 1. The third kappa shape index (κ3) is 1.32. The second kappa shape index (κ2) is 2.63. The van der Waals surface area contributed by atoms with E-state index in [0.717, 1.165) is 12.1 Å². The maximum Gasteiger partial charge on any atom is 0.121 e. The lowest BCUT2D eigenvalue weighted by Crippen LogP contribution is -1.83. The van der Waals surface area contributed by atoms with Crippen LogP contribution in [-0.2, 0) is 0 Å². The molecule has 56 valence electrons. The van der Waals surface area contributed by atoms with Gasteiger partial charge in [-0.15, -0.1) is 0 Å². The average molecular weight is 153 g/mol. The van der Waals surface area contributed by atoms with Crippen LogP contribution in [0.2, 0.25) is 0 Å². The lowest BCUT2D eigenvalue weighted by Gasteiger charge is -2.01. The van der Waals surface area contributed by atoms with E-state index in [0.29, 0.717) is 0 Å². The lowest BCUT2D eigenvalue weighted by atomic mass is 10.1. The Bertz CT molecular complexity index is 447. The quantitative estimate of drug-likeness (QED) is 0.618. The van der Waals surface area contributed by atoms with Crippen LogP contribution in [0.5, 0.6) is 5.75 Å². The van der Waals surface area contributed by atoms with Crippen LogP contribution in [0.15, 0.2) is 12.1 Å². The number of nitrogens with zero attached hydrogens (tertiary/aromatic N) is 1. The van der Waals surface area contributed by atoms with E-state index in [9.17, 15) is 5.11 Å². The molecular weight excluding hydrogens is 138 g/mol. The molecule has 0 saturated carbocycles. The summed E-state index contributed by atoms with van der Waals surface area (Å²) in [6.45, 7) is -5.34. The van der Waals surface area contributed by atoms with Gasteiger partial charge in [0.2, 0.25) is 0 Å². The number of phenols is 1. The molecule has 0 aliphatic rings. The molecule has 0 unspecified atom stereocenters. The summed E-state index contributed by atoms with van der Waals surface area (Å²) in [6.07, 6.45) is 0. The molecule has 0 atom stereocenters. The van der Waals surface area contributed by atoms with Gasteiger partial charge >= 0.3 is 0 Å². The second-order valence-electron chi connectivity index (χ2n) is 2.03. The molecule has 0 aromatic heterocycles. The summed E-state index contributed by atoms with van der Waals surface area (Å²) in [5, 5.41) is 18.4. The first-order valence-electron chi connectivity index (χ1n) is 5.85. The van der Waals surface area contributed by atoms with Crippen molar-refractivity contribution in [1.29, 1.82) is 5.26 Å². The Morgan fingerprint density at radius 1 is 1.45 bits per heavy atom. The van der Waals surface area contributed by atoms with E-state index < -0.39 is 30.6 Å². The predicted octanol–water partition coefficient (Wildman–Crippen LogP) is 1.88. The minimum atomic E-state index is -2.67. The van der Waals surface area contributed by atoms with Gasteiger partial charge < -0.3 is 5.11 Å².